The average Bonchev–Trinajstić information content (AvgIpc) is 3.33. The first-order chi connectivity index (χ1) is 18.3. The third kappa shape index (κ3) is 5.39. The fourth-order valence-corrected chi connectivity index (χ4v) is 5.17. The van der Waals surface area contributed by atoms with Gasteiger partial charge in [0.15, 0.2) is 11.5 Å². The molecule has 0 amide bonds. The minimum atomic E-state index is -3.31. The quantitative estimate of drug-likeness (QED) is 0.399. The van der Waals surface area contributed by atoms with E-state index < -0.39 is 12.5 Å². The van der Waals surface area contributed by atoms with Crippen LogP contribution in [0.3, 0.4) is 0 Å². The number of hydrogen-bond acceptors (Lipinski definition) is 8. The number of aromatic nitrogens is 2. The van der Waals surface area contributed by atoms with Crippen molar-refractivity contribution in [2.24, 2.45) is 0 Å². The molecule has 38 heavy (non-hydrogen) atoms. The number of fused-ring (bicyclic) bond motifs is 1. The first-order valence-corrected chi connectivity index (χ1v) is 13.0. The number of aliphatic hydroxyl groups is 1. The molecule has 2 atom stereocenters. The summed E-state index contributed by atoms with van der Waals surface area (Å²) < 4.78 is 45.5. The summed E-state index contributed by atoms with van der Waals surface area (Å²) in [5.41, 5.74) is 1.10. The van der Waals surface area contributed by atoms with Gasteiger partial charge in [-0.05, 0) is 50.9 Å². The highest BCUT2D eigenvalue weighted by Crippen LogP contribution is 2.37. The molecule has 2 aromatic carbocycles. The van der Waals surface area contributed by atoms with Gasteiger partial charge in [-0.1, -0.05) is 18.2 Å². The number of benzene rings is 2. The smallest absolute Gasteiger partial charge is 0.295 e. The molecule has 0 unspecified atom stereocenters. The van der Waals surface area contributed by atoms with E-state index in [-0.39, 0.29) is 11.6 Å². The number of ether oxygens (including phenoxy) is 3. The van der Waals surface area contributed by atoms with Crippen LogP contribution in [0.25, 0.3) is 10.9 Å². The Kier molecular flexibility index (Phi) is 7.65. The number of rotatable bonds is 10. The van der Waals surface area contributed by atoms with E-state index >= 15 is 0 Å². The van der Waals surface area contributed by atoms with Gasteiger partial charge in [-0.25, -0.2) is 9.97 Å². The minimum Gasteiger partial charge on any atom is -0.493 e. The number of halogens is 2. The molecule has 2 fully saturated rings. The molecule has 0 spiro atoms. The van der Waals surface area contributed by atoms with Gasteiger partial charge in [0.2, 0.25) is 0 Å². The van der Waals surface area contributed by atoms with Gasteiger partial charge in [-0.3, -0.25) is 4.90 Å². The van der Waals surface area contributed by atoms with Gasteiger partial charge in [0, 0.05) is 29.1 Å². The summed E-state index contributed by atoms with van der Waals surface area (Å²) in [5.74, 6) is -0.986. The molecule has 0 aliphatic carbocycles. The molecule has 0 bridgehead atoms. The van der Waals surface area contributed by atoms with E-state index in [2.05, 4.69) is 20.2 Å². The fraction of sp³-hybridized carbons (Fsp3) is 0.500. The molecule has 204 valence electrons. The van der Waals surface area contributed by atoms with E-state index in [9.17, 15) is 8.78 Å². The second-order valence-electron chi connectivity index (χ2n) is 10.0. The van der Waals surface area contributed by atoms with Crippen LogP contribution in [0.2, 0.25) is 0 Å². The Bertz CT molecular complexity index is 1290. The third-order valence-electron chi connectivity index (χ3n) is 7.40. The maximum absolute atomic E-state index is 14.1. The van der Waals surface area contributed by atoms with Crippen LogP contribution in [0.15, 0.2) is 36.4 Å². The monoisotopic (exact) mass is 528 g/mol. The van der Waals surface area contributed by atoms with Gasteiger partial charge in [0.05, 0.1) is 31.9 Å². The normalized spacial score (nSPS) is 19.4. The number of likely N-dealkylation sites (tertiary alicyclic amines) is 1. The second kappa shape index (κ2) is 11.0. The van der Waals surface area contributed by atoms with E-state index in [1.54, 1.807) is 26.2 Å². The Morgan fingerprint density at radius 3 is 2.74 bits per heavy atom. The number of methoxy groups -OCH3 is 1. The number of anilines is 1. The summed E-state index contributed by atoms with van der Waals surface area (Å²) in [5, 5.41) is 13.2. The van der Waals surface area contributed by atoms with Crippen LogP contribution in [0.4, 0.5) is 14.6 Å². The van der Waals surface area contributed by atoms with Crippen molar-refractivity contribution in [2.45, 2.75) is 50.7 Å². The van der Waals surface area contributed by atoms with Crippen molar-refractivity contribution >= 4 is 16.7 Å². The van der Waals surface area contributed by atoms with Gasteiger partial charge >= 0.3 is 0 Å². The van der Waals surface area contributed by atoms with Crippen molar-refractivity contribution in [1.82, 2.24) is 14.9 Å². The highest BCUT2D eigenvalue weighted by atomic mass is 19.3. The van der Waals surface area contributed by atoms with Crippen molar-refractivity contribution in [3.05, 3.63) is 53.3 Å². The van der Waals surface area contributed by atoms with E-state index in [0.717, 1.165) is 38.0 Å². The van der Waals surface area contributed by atoms with Gasteiger partial charge in [-0.2, -0.15) is 8.78 Å². The lowest BCUT2D eigenvalue weighted by molar-refractivity contribution is -0.0732. The second-order valence-corrected chi connectivity index (χ2v) is 10.0. The molecule has 2 saturated heterocycles. The molecule has 8 nitrogen and oxygen atoms in total. The van der Waals surface area contributed by atoms with E-state index in [1.165, 1.54) is 12.1 Å². The Hall–Kier alpha value is -3.08. The standard InChI is InChI=1S/C28H34F2N4O4/c1-17(19-6-4-7-20(10-19)28(29,30)16-35)31-27-23-11-26(25(36-3)12-24(23)32-18(2)33-27)38-15-21-8-5-9-34(21)22-13-37-14-22/h4,6-7,10-12,17,21-22,35H,5,8-9,13-16H2,1-3H3,(H,31,32,33)/t17-,21+/m1/s1. The largest absolute Gasteiger partial charge is 0.493 e. The maximum atomic E-state index is 14.1. The molecule has 5 rings (SSSR count). The Labute approximate surface area is 220 Å². The molecule has 2 aliphatic heterocycles. The summed E-state index contributed by atoms with van der Waals surface area (Å²) >= 11 is 0. The first-order valence-electron chi connectivity index (χ1n) is 13.0. The van der Waals surface area contributed by atoms with Crippen LogP contribution in [0.1, 0.15) is 42.8 Å². The number of hydrogen-bond donors (Lipinski definition) is 2. The number of aliphatic hydroxyl groups excluding tert-OH is 1. The summed E-state index contributed by atoms with van der Waals surface area (Å²) in [6, 6.07) is 10.2. The molecular weight excluding hydrogens is 494 g/mol. The highest BCUT2D eigenvalue weighted by Gasteiger charge is 2.35. The van der Waals surface area contributed by atoms with Crippen molar-refractivity contribution in [1.29, 1.82) is 0 Å². The van der Waals surface area contributed by atoms with Gasteiger partial charge in [0.25, 0.3) is 5.92 Å². The summed E-state index contributed by atoms with van der Waals surface area (Å²) in [4.78, 5) is 11.7. The molecule has 1 aromatic heterocycles. The molecule has 0 radical (unpaired) electrons. The zero-order chi connectivity index (χ0) is 26.9. The number of nitrogens with one attached hydrogen (secondary N) is 1. The first kappa shape index (κ1) is 26.5. The Morgan fingerprint density at radius 1 is 1.21 bits per heavy atom. The van der Waals surface area contributed by atoms with Crippen molar-refractivity contribution in [3.8, 4) is 11.5 Å². The molecule has 2 aliphatic rings. The van der Waals surface area contributed by atoms with Crippen LogP contribution in [0, 0.1) is 6.92 Å². The van der Waals surface area contributed by atoms with Crippen LogP contribution in [-0.2, 0) is 10.7 Å². The molecule has 0 saturated carbocycles. The molecule has 10 heteroatoms. The number of aryl methyl sites for hydroxylation is 1. The lowest BCUT2D eigenvalue weighted by atomic mass is 10.0. The average molecular weight is 529 g/mol. The predicted octanol–water partition coefficient (Wildman–Crippen LogP) is 4.45. The van der Waals surface area contributed by atoms with Crippen LogP contribution in [-0.4, -0.2) is 72.1 Å². The zero-order valence-corrected chi connectivity index (χ0v) is 21.9. The van der Waals surface area contributed by atoms with Crippen LogP contribution in [0.5, 0.6) is 11.5 Å². The van der Waals surface area contributed by atoms with Gasteiger partial charge in [-0.15, -0.1) is 0 Å². The predicted molar refractivity (Wildman–Crippen MR) is 140 cm³/mol. The summed E-state index contributed by atoms with van der Waals surface area (Å²) in [6.45, 7) is 5.58. The molecule has 2 N–H and O–H groups in total. The van der Waals surface area contributed by atoms with Crippen LogP contribution < -0.4 is 14.8 Å². The lowest BCUT2D eigenvalue weighted by Crippen LogP contribution is -2.52. The van der Waals surface area contributed by atoms with Crippen LogP contribution >= 0.6 is 0 Å². The van der Waals surface area contributed by atoms with E-state index in [4.69, 9.17) is 19.3 Å². The SMILES string of the molecule is COc1cc2nc(C)nc(N[C@H](C)c3cccc(C(F)(F)CO)c3)c2cc1OC[C@@H]1CCCN1C1COC1. The molecular formula is C28H34F2N4O4. The highest BCUT2D eigenvalue weighted by molar-refractivity contribution is 5.92. The molecule has 3 aromatic rings. The van der Waals surface area contributed by atoms with Gasteiger partial charge in [0.1, 0.15) is 24.9 Å². The van der Waals surface area contributed by atoms with Gasteiger partial charge < -0.3 is 24.6 Å². The topological polar surface area (TPSA) is 89.0 Å². The van der Waals surface area contributed by atoms with Crippen molar-refractivity contribution in [3.63, 3.8) is 0 Å². The number of nitrogens with zero attached hydrogens (tertiary/aromatic N) is 3. The van der Waals surface area contributed by atoms with Crippen molar-refractivity contribution < 1.29 is 28.1 Å². The Morgan fingerprint density at radius 2 is 2.03 bits per heavy atom. The zero-order valence-electron chi connectivity index (χ0n) is 21.9. The van der Waals surface area contributed by atoms with E-state index in [0.29, 0.717) is 52.9 Å². The summed E-state index contributed by atoms with van der Waals surface area (Å²) in [7, 11) is 1.60. The Balaban J connectivity index is 1.41. The molecule has 3 heterocycles. The fourth-order valence-electron chi connectivity index (χ4n) is 5.17. The lowest BCUT2D eigenvalue weighted by Gasteiger charge is -2.38. The maximum Gasteiger partial charge on any atom is 0.295 e. The third-order valence-corrected chi connectivity index (χ3v) is 7.40. The summed E-state index contributed by atoms with van der Waals surface area (Å²) in [6.07, 6.45) is 2.22. The van der Waals surface area contributed by atoms with Crippen molar-refractivity contribution in [2.75, 3.05) is 45.4 Å². The number of alkyl halides is 2. The minimum absolute atomic E-state index is 0.232. The van der Waals surface area contributed by atoms with E-state index in [1.807, 2.05) is 19.1 Å².